The molecule has 25 heavy (non-hydrogen) atoms. The number of hydrogen-bond donors (Lipinski definition) is 2. The predicted molar refractivity (Wildman–Crippen MR) is 104 cm³/mol. The van der Waals surface area contributed by atoms with Crippen LogP contribution in [0, 0.1) is 3.57 Å². The zero-order valence-corrected chi connectivity index (χ0v) is 16.4. The number of rotatable bonds is 7. The highest BCUT2D eigenvalue weighted by Gasteiger charge is 2.15. The number of nitrogens with one attached hydrogen (secondary N) is 2. The molecule has 0 unspecified atom stereocenters. The number of benzene rings is 1. The van der Waals surface area contributed by atoms with Crippen molar-refractivity contribution >= 4 is 46.0 Å². The molecule has 0 aliphatic rings. The van der Waals surface area contributed by atoms with E-state index in [1.165, 1.54) is 7.11 Å². The minimum Gasteiger partial charge on any atom is -0.496 e. The summed E-state index contributed by atoms with van der Waals surface area (Å²) in [6.45, 7) is 0.642. The number of amides is 2. The molecule has 0 radical (unpaired) electrons. The van der Waals surface area contributed by atoms with E-state index in [9.17, 15) is 9.59 Å². The zero-order valence-electron chi connectivity index (χ0n) is 13.5. The third kappa shape index (κ3) is 5.86. The fourth-order valence-electron chi connectivity index (χ4n) is 2.05. The molecule has 2 rings (SSSR count). The van der Waals surface area contributed by atoms with Crippen LogP contribution in [0.1, 0.15) is 22.3 Å². The first kappa shape index (κ1) is 19.5. The average molecular weight is 474 g/mol. The molecule has 1 aromatic heterocycles. The quantitative estimate of drug-likeness (QED) is 0.606. The van der Waals surface area contributed by atoms with Gasteiger partial charge in [0.25, 0.3) is 5.91 Å². The molecule has 0 atom stereocenters. The Hall–Kier alpha value is -1.87. The highest BCUT2D eigenvalue weighted by atomic mass is 127. The minimum absolute atomic E-state index is 0.148. The van der Waals surface area contributed by atoms with E-state index in [4.69, 9.17) is 16.3 Å². The second-order valence-electron chi connectivity index (χ2n) is 5.10. The van der Waals surface area contributed by atoms with Crippen LogP contribution in [0.3, 0.4) is 0 Å². The summed E-state index contributed by atoms with van der Waals surface area (Å²) >= 11 is 8.12. The van der Waals surface area contributed by atoms with E-state index in [1.54, 1.807) is 24.5 Å². The fourth-order valence-corrected chi connectivity index (χ4v) is 2.65. The summed E-state index contributed by atoms with van der Waals surface area (Å²) in [5, 5.41) is 5.96. The first-order chi connectivity index (χ1) is 12.0. The number of methoxy groups -OCH3 is 1. The lowest BCUT2D eigenvalue weighted by atomic mass is 10.2. The summed E-state index contributed by atoms with van der Waals surface area (Å²) in [5.74, 6) is -0.0461. The predicted octanol–water partition coefficient (Wildman–Crippen LogP) is 2.78. The first-order valence-corrected chi connectivity index (χ1v) is 8.93. The third-order valence-electron chi connectivity index (χ3n) is 3.36. The summed E-state index contributed by atoms with van der Waals surface area (Å²) in [7, 11) is 1.49. The molecule has 6 nitrogen and oxygen atoms in total. The van der Waals surface area contributed by atoms with Crippen molar-refractivity contribution in [1.29, 1.82) is 0 Å². The van der Waals surface area contributed by atoms with Gasteiger partial charge in [0.1, 0.15) is 5.75 Å². The lowest BCUT2D eigenvalue weighted by Crippen LogP contribution is -2.30. The molecule has 0 fully saturated rings. The number of hydrogen-bond acceptors (Lipinski definition) is 4. The van der Waals surface area contributed by atoms with Crippen LogP contribution in [0.15, 0.2) is 36.7 Å². The SMILES string of the molecule is COc1cc(I)c(Cl)cc1C(=O)NCCC(=O)NCc1ccncc1. The molecule has 1 heterocycles. The van der Waals surface area contributed by atoms with Crippen molar-refractivity contribution in [2.75, 3.05) is 13.7 Å². The van der Waals surface area contributed by atoms with Crippen molar-refractivity contribution in [2.45, 2.75) is 13.0 Å². The Morgan fingerprint density at radius 1 is 1.24 bits per heavy atom. The van der Waals surface area contributed by atoms with Gasteiger partial charge in [-0.1, -0.05) is 11.6 Å². The molecule has 2 amide bonds. The normalized spacial score (nSPS) is 10.2. The number of carbonyl (C=O) groups is 2. The topological polar surface area (TPSA) is 80.3 Å². The van der Waals surface area contributed by atoms with Crippen LogP contribution in [0.2, 0.25) is 5.02 Å². The molecule has 0 aliphatic carbocycles. The van der Waals surface area contributed by atoms with Gasteiger partial charge < -0.3 is 15.4 Å². The maximum atomic E-state index is 12.3. The van der Waals surface area contributed by atoms with E-state index in [0.29, 0.717) is 22.9 Å². The highest BCUT2D eigenvalue weighted by molar-refractivity contribution is 14.1. The minimum atomic E-state index is -0.336. The third-order valence-corrected chi connectivity index (χ3v) is 4.89. The van der Waals surface area contributed by atoms with Gasteiger partial charge >= 0.3 is 0 Å². The van der Waals surface area contributed by atoms with Crippen molar-refractivity contribution in [3.8, 4) is 5.75 Å². The number of aromatic nitrogens is 1. The van der Waals surface area contributed by atoms with Crippen molar-refractivity contribution in [1.82, 2.24) is 15.6 Å². The summed E-state index contributed by atoms with van der Waals surface area (Å²) in [6.07, 6.45) is 3.51. The Morgan fingerprint density at radius 3 is 2.64 bits per heavy atom. The van der Waals surface area contributed by atoms with Crippen LogP contribution in [-0.2, 0) is 11.3 Å². The van der Waals surface area contributed by atoms with Crippen molar-refractivity contribution < 1.29 is 14.3 Å². The molecular weight excluding hydrogens is 457 g/mol. The summed E-state index contributed by atoms with van der Waals surface area (Å²) in [4.78, 5) is 28.0. The van der Waals surface area contributed by atoms with Crippen LogP contribution in [0.4, 0.5) is 0 Å². The zero-order chi connectivity index (χ0) is 18.2. The van der Waals surface area contributed by atoms with Gasteiger partial charge in [-0.25, -0.2) is 0 Å². The lowest BCUT2D eigenvalue weighted by molar-refractivity contribution is -0.121. The smallest absolute Gasteiger partial charge is 0.255 e. The van der Waals surface area contributed by atoms with Crippen molar-refractivity contribution in [3.63, 3.8) is 0 Å². The molecule has 0 spiro atoms. The summed E-state index contributed by atoms with van der Waals surface area (Å²) in [6, 6.07) is 6.91. The number of pyridine rings is 1. The first-order valence-electron chi connectivity index (χ1n) is 7.48. The molecule has 2 aromatic rings. The molecule has 1 aromatic carbocycles. The van der Waals surface area contributed by atoms with Crippen LogP contribution in [0.5, 0.6) is 5.75 Å². The summed E-state index contributed by atoms with van der Waals surface area (Å²) < 4.78 is 6.00. The van der Waals surface area contributed by atoms with Crippen molar-refractivity contribution in [2.24, 2.45) is 0 Å². The van der Waals surface area contributed by atoms with E-state index in [2.05, 4.69) is 38.2 Å². The maximum Gasteiger partial charge on any atom is 0.255 e. The molecule has 132 valence electrons. The fraction of sp³-hybridized carbons (Fsp3) is 0.235. The number of carbonyl (C=O) groups excluding carboxylic acids is 2. The maximum absolute atomic E-state index is 12.3. The average Bonchev–Trinajstić information content (AvgIpc) is 2.62. The molecular formula is C17H17ClIN3O3. The van der Waals surface area contributed by atoms with E-state index >= 15 is 0 Å². The number of nitrogens with zero attached hydrogens (tertiary/aromatic N) is 1. The van der Waals surface area contributed by atoms with Gasteiger partial charge in [0.05, 0.1) is 17.7 Å². The Morgan fingerprint density at radius 2 is 1.96 bits per heavy atom. The van der Waals surface area contributed by atoms with Gasteiger partial charge in [-0.15, -0.1) is 0 Å². The van der Waals surface area contributed by atoms with E-state index in [-0.39, 0.29) is 24.8 Å². The van der Waals surface area contributed by atoms with Gasteiger partial charge in [0, 0.05) is 35.5 Å². The molecule has 0 aliphatic heterocycles. The lowest BCUT2D eigenvalue weighted by Gasteiger charge is -2.11. The van der Waals surface area contributed by atoms with Gasteiger partial charge in [0.2, 0.25) is 5.91 Å². The van der Waals surface area contributed by atoms with Crippen molar-refractivity contribution in [3.05, 3.63) is 56.4 Å². The molecule has 0 bridgehead atoms. The Kier molecular flexibility index (Phi) is 7.45. The Bertz CT molecular complexity index is 756. The van der Waals surface area contributed by atoms with Crippen LogP contribution >= 0.6 is 34.2 Å². The number of ether oxygens (including phenoxy) is 1. The Labute approximate surface area is 164 Å². The molecule has 0 saturated carbocycles. The second kappa shape index (κ2) is 9.57. The molecule has 0 saturated heterocycles. The van der Waals surface area contributed by atoms with E-state index in [0.717, 1.165) is 9.13 Å². The largest absolute Gasteiger partial charge is 0.496 e. The highest BCUT2D eigenvalue weighted by Crippen LogP contribution is 2.28. The Balaban J connectivity index is 1.82. The second-order valence-corrected chi connectivity index (χ2v) is 6.67. The monoisotopic (exact) mass is 473 g/mol. The molecule has 2 N–H and O–H groups in total. The standard InChI is InChI=1S/C17H17ClIN3O3/c1-25-15-9-14(19)13(18)8-12(15)17(24)21-7-4-16(23)22-10-11-2-5-20-6-3-11/h2-3,5-6,8-9H,4,7,10H2,1H3,(H,21,24)(H,22,23). The van der Waals surface area contributed by atoms with Gasteiger partial charge in [-0.05, 0) is 52.4 Å². The van der Waals surface area contributed by atoms with Gasteiger partial charge in [-0.2, -0.15) is 0 Å². The van der Waals surface area contributed by atoms with Crippen LogP contribution in [0.25, 0.3) is 0 Å². The van der Waals surface area contributed by atoms with Crippen LogP contribution in [-0.4, -0.2) is 30.5 Å². The van der Waals surface area contributed by atoms with Crippen LogP contribution < -0.4 is 15.4 Å². The summed E-state index contributed by atoms with van der Waals surface area (Å²) in [5.41, 5.74) is 1.30. The number of halogens is 2. The van der Waals surface area contributed by atoms with E-state index < -0.39 is 0 Å². The van der Waals surface area contributed by atoms with E-state index in [1.807, 2.05) is 12.1 Å². The van der Waals surface area contributed by atoms with Gasteiger partial charge in [0.15, 0.2) is 0 Å². The molecule has 8 heteroatoms. The van der Waals surface area contributed by atoms with Gasteiger partial charge in [-0.3, -0.25) is 14.6 Å².